The first-order valence-electron chi connectivity index (χ1n) is 2.96. The predicted molar refractivity (Wildman–Crippen MR) is 38.4 cm³/mol. The third-order valence-corrected chi connectivity index (χ3v) is 1.25. The van der Waals surface area contributed by atoms with Crippen LogP contribution in [-0.4, -0.2) is 13.4 Å². The van der Waals surface area contributed by atoms with Gasteiger partial charge in [-0.25, -0.2) is 0 Å². The molecular formula is C8H8O2. The number of aldehydes is 1. The molecule has 0 aromatic heterocycles. The molecule has 0 amide bonds. The molecule has 1 aromatic carbocycles. The summed E-state index contributed by atoms with van der Waals surface area (Å²) in [6.07, 6.45) is 0.805. The molecule has 1 aromatic rings. The number of hydrogen-bond acceptors (Lipinski definition) is 2. The summed E-state index contributed by atoms with van der Waals surface area (Å²) in [4.78, 5) is 10.2. The van der Waals surface area contributed by atoms with E-state index in [4.69, 9.17) is 4.74 Å². The van der Waals surface area contributed by atoms with Crippen LogP contribution in [0.4, 0.5) is 0 Å². The standard InChI is InChI=1S/C8H8O2/c1-10-8-4-2-7(6-9)3-5-8/h2-6H,1H3/i6+1. The van der Waals surface area contributed by atoms with Crippen molar-refractivity contribution in [3.8, 4) is 5.75 Å². The van der Waals surface area contributed by atoms with Crippen molar-refractivity contribution in [1.29, 1.82) is 0 Å². The molecular weight excluding hydrogens is 129 g/mol. The van der Waals surface area contributed by atoms with Gasteiger partial charge in [0.05, 0.1) is 7.11 Å². The van der Waals surface area contributed by atoms with Gasteiger partial charge in [0.2, 0.25) is 0 Å². The summed E-state index contributed by atoms with van der Waals surface area (Å²) in [5.74, 6) is 0.769. The van der Waals surface area contributed by atoms with Crippen LogP contribution in [0.1, 0.15) is 10.4 Å². The predicted octanol–water partition coefficient (Wildman–Crippen LogP) is 1.51. The van der Waals surface area contributed by atoms with Crippen molar-refractivity contribution in [2.75, 3.05) is 7.11 Å². The summed E-state index contributed by atoms with van der Waals surface area (Å²) in [5, 5.41) is 0. The van der Waals surface area contributed by atoms with Crippen molar-refractivity contribution in [2.24, 2.45) is 0 Å². The Hall–Kier alpha value is -1.31. The highest BCUT2D eigenvalue weighted by Crippen LogP contribution is 2.09. The van der Waals surface area contributed by atoms with Gasteiger partial charge >= 0.3 is 0 Å². The molecule has 52 valence electrons. The summed E-state index contributed by atoms with van der Waals surface area (Å²) in [7, 11) is 1.59. The zero-order chi connectivity index (χ0) is 7.40. The van der Waals surface area contributed by atoms with Crippen LogP contribution in [0, 0.1) is 0 Å². The van der Waals surface area contributed by atoms with Crippen LogP contribution < -0.4 is 4.74 Å². The van der Waals surface area contributed by atoms with Crippen LogP contribution in [0.15, 0.2) is 24.3 Å². The number of ether oxygens (including phenoxy) is 1. The van der Waals surface area contributed by atoms with E-state index in [0.717, 1.165) is 12.0 Å². The van der Waals surface area contributed by atoms with E-state index in [1.54, 1.807) is 31.4 Å². The monoisotopic (exact) mass is 137 g/mol. The van der Waals surface area contributed by atoms with E-state index in [-0.39, 0.29) is 0 Å². The fourth-order valence-electron chi connectivity index (χ4n) is 0.682. The first-order chi connectivity index (χ1) is 4.86. The molecule has 10 heavy (non-hydrogen) atoms. The zero-order valence-electron chi connectivity index (χ0n) is 5.70. The second kappa shape index (κ2) is 3.01. The number of rotatable bonds is 2. The summed E-state index contributed by atoms with van der Waals surface area (Å²) < 4.78 is 4.90. The number of benzene rings is 1. The quantitative estimate of drug-likeness (QED) is 0.456. The van der Waals surface area contributed by atoms with Gasteiger partial charge in [-0.3, -0.25) is 4.79 Å². The Morgan fingerprint density at radius 1 is 1.30 bits per heavy atom. The van der Waals surface area contributed by atoms with Crippen LogP contribution in [0.5, 0.6) is 5.75 Å². The van der Waals surface area contributed by atoms with Gasteiger partial charge in [0.1, 0.15) is 12.0 Å². The maximum atomic E-state index is 10.2. The molecule has 1 rings (SSSR count). The lowest BCUT2D eigenvalue weighted by Crippen LogP contribution is -1.82. The molecule has 2 nitrogen and oxygen atoms in total. The lowest BCUT2D eigenvalue weighted by molar-refractivity contribution is 0.112. The van der Waals surface area contributed by atoms with Crippen LogP contribution in [0.2, 0.25) is 0 Å². The van der Waals surface area contributed by atoms with Gasteiger partial charge in [0, 0.05) is 5.56 Å². The molecule has 0 aliphatic heterocycles. The van der Waals surface area contributed by atoms with Gasteiger partial charge in [-0.2, -0.15) is 0 Å². The summed E-state index contributed by atoms with van der Waals surface area (Å²) in [5.41, 5.74) is 0.667. The summed E-state index contributed by atoms with van der Waals surface area (Å²) in [6, 6.07) is 6.94. The number of carbonyl (C=O) groups excluding carboxylic acids is 1. The molecule has 0 fully saturated rings. The van der Waals surface area contributed by atoms with Gasteiger partial charge in [0.15, 0.2) is 0 Å². The number of methoxy groups -OCH3 is 1. The molecule has 0 radical (unpaired) electrons. The minimum absolute atomic E-state index is 0.667. The van der Waals surface area contributed by atoms with E-state index in [1.807, 2.05) is 0 Å². The molecule has 0 aliphatic carbocycles. The van der Waals surface area contributed by atoms with Crippen LogP contribution >= 0.6 is 0 Å². The maximum absolute atomic E-state index is 10.2. The Morgan fingerprint density at radius 2 is 1.90 bits per heavy atom. The minimum atomic E-state index is 0.667. The van der Waals surface area contributed by atoms with Crippen LogP contribution in [0.3, 0.4) is 0 Å². The van der Waals surface area contributed by atoms with Crippen molar-refractivity contribution >= 4 is 6.29 Å². The smallest absolute Gasteiger partial charge is 0.150 e. The molecule has 0 saturated heterocycles. The maximum Gasteiger partial charge on any atom is 0.150 e. The molecule has 0 bridgehead atoms. The second-order valence-electron chi connectivity index (χ2n) is 1.89. The highest BCUT2D eigenvalue weighted by Gasteiger charge is 1.89. The minimum Gasteiger partial charge on any atom is -0.497 e. The van der Waals surface area contributed by atoms with E-state index < -0.39 is 0 Å². The van der Waals surface area contributed by atoms with Crippen molar-refractivity contribution in [2.45, 2.75) is 0 Å². The molecule has 0 heterocycles. The molecule has 0 unspecified atom stereocenters. The van der Waals surface area contributed by atoms with Crippen molar-refractivity contribution in [3.63, 3.8) is 0 Å². The molecule has 0 saturated carbocycles. The fraction of sp³-hybridized carbons (Fsp3) is 0.125. The van der Waals surface area contributed by atoms with Gasteiger partial charge in [0.25, 0.3) is 0 Å². The van der Waals surface area contributed by atoms with Gasteiger partial charge in [-0.15, -0.1) is 0 Å². The number of hydrogen-bond donors (Lipinski definition) is 0. The van der Waals surface area contributed by atoms with Gasteiger partial charge in [-0.05, 0) is 24.3 Å². The normalized spacial score (nSPS) is 8.90. The third-order valence-electron chi connectivity index (χ3n) is 1.25. The van der Waals surface area contributed by atoms with E-state index in [1.165, 1.54) is 0 Å². The number of carbonyl (C=O) groups is 1. The average Bonchev–Trinajstić information content (AvgIpc) is 2.05. The van der Waals surface area contributed by atoms with Crippen molar-refractivity contribution < 1.29 is 9.53 Å². The van der Waals surface area contributed by atoms with Crippen LogP contribution in [0.25, 0.3) is 0 Å². The lowest BCUT2D eigenvalue weighted by Gasteiger charge is -1.96. The Morgan fingerprint density at radius 3 is 2.30 bits per heavy atom. The Kier molecular flexibility index (Phi) is 2.05. The molecule has 2 heteroatoms. The average molecular weight is 137 g/mol. The Labute approximate surface area is 59.4 Å². The fourth-order valence-corrected chi connectivity index (χ4v) is 0.682. The molecule has 0 aliphatic rings. The lowest BCUT2D eigenvalue weighted by atomic mass is 10.3. The zero-order valence-corrected chi connectivity index (χ0v) is 5.70. The Bertz CT molecular complexity index is 213. The van der Waals surface area contributed by atoms with E-state index in [9.17, 15) is 4.79 Å². The summed E-state index contributed by atoms with van der Waals surface area (Å²) >= 11 is 0. The van der Waals surface area contributed by atoms with Crippen molar-refractivity contribution in [3.05, 3.63) is 29.8 Å². The molecule has 0 N–H and O–H groups in total. The highest BCUT2D eigenvalue weighted by molar-refractivity contribution is 5.74. The largest absolute Gasteiger partial charge is 0.497 e. The first kappa shape index (κ1) is 6.81. The third kappa shape index (κ3) is 1.35. The van der Waals surface area contributed by atoms with E-state index in [0.29, 0.717) is 5.56 Å². The SMILES string of the molecule is COc1ccc([13CH]=O)cc1. The van der Waals surface area contributed by atoms with Crippen molar-refractivity contribution in [1.82, 2.24) is 0 Å². The van der Waals surface area contributed by atoms with Crippen LogP contribution in [-0.2, 0) is 0 Å². The molecule has 0 atom stereocenters. The van der Waals surface area contributed by atoms with Gasteiger partial charge < -0.3 is 4.74 Å². The topological polar surface area (TPSA) is 26.3 Å². The second-order valence-corrected chi connectivity index (χ2v) is 1.89. The first-order valence-corrected chi connectivity index (χ1v) is 2.96. The van der Waals surface area contributed by atoms with E-state index >= 15 is 0 Å². The highest BCUT2D eigenvalue weighted by atomic mass is 16.5. The van der Waals surface area contributed by atoms with E-state index in [2.05, 4.69) is 0 Å². The summed E-state index contributed by atoms with van der Waals surface area (Å²) in [6.45, 7) is 0. The van der Waals surface area contributed by atoms with Gasteiger partial charge in [-0.1, -0.05) is 0 Å². The Balaban J connectivity index is 2.90. The molecule has 0 spiro atoms.